The van der Waals surface area contributed by atoms with Gasteiger partial charge in [-0.3, -0.25) is 10.3 Å². The highest BCUT2D eigenvalue weighted by atomic mass is 16.5. The summed E-state index contributed by atoms with van der Waals surface area (Å²) in [7, 11) is 3.25. The predicted molar refractivity (Wildman–Crippen MR) is 152 cm³/mol. The number of nitrogens with one attached hydrogen (secondary N) is 1. The van der Waals surface area contributed by atoms with Crippen LogP contribution in [0.5, 0.6) is 11.6 Å². The van der Waals surface area contributed by atoms with Crippen LogP contribution in [0, 0.1) is 5.41 Å². The van der Waals surface area contributed by atoms with Crippen LogP contribution >= 0.6 is 0 Å². The van der Waals surface area contributed by atoms with Crippen molar-refractivity contribution in [3.63, 3.8) is 0 Å². The van der Waals surface area contributed by atoms with Crippen LogP contribution in [0.15, 0.2) is 48.9 Å². The third-order valence-corrected chi connectivity index (χ3v) is 7.65. The number of piperazine rings is 1. The molecule has 0 radical (unpaired) electrons. The molecule has 12 heteroatoms. The lowest BCUT2D eigenvalue weighted by Crippen LogP contribution is -2.68. The van der Waals surface area contributed by atoms with Crippen LogP contribution in [0.3, 0.4) is 0 Å². The Bertz CT molecular complexity index is 1510. The molecule has 0 aliphatic carbocycles. The molecule has 2 atom stereocenters. The summed E-state index contributed by atoms with van der Waals surface area (Å²) in [5.74, 6) is 2.22. The van der Waals surface area contributed by atoms with E-state index in [-0.39, 0.29) is 11.7 Å². The molecule has 12 nitrogen and oxygen atoms in total. The number of rotatable bonds is 10. The summed E-state index contributed by atoms with van der Waals surface area (Å²) in [5.41, 5.74) is 15.9. The van der Waals surface area contributed by atoms with Gasteiger partial charge >= 0.3 is 0 Å². The van der Waals surface area contributed by atoms with Crippen molar-refractivity contribution in [2.24, 2.45) is 5.73 Å². The molecule has 3 aliphatic heterocycles. The standard InChI is InChI=1S/C28H33N9O3/c1-38-7-8-40-21-10-22(26-25(27(29)30)28(31)34-37(26)16-21)18-4-5-23(32-12-18)35-14-19-9-20(15-35)36(19)13-17-3-6-24(39-2)33-11-17/h3-6,10-12,16,19-20H,7-9,13-15H2,1-2H3,(H3,29,30)(H2,31,34). The van der Waals surface area contributed by atoms with Gasteiger partial charge in [-0.05, 0) is 30.2 Å². The van der Waals surface area contributed by atoms with Crippen molar-refractivity contribution >= 4 is 23.0 Å². The van der Waals surface area contributed by atoms with Gasteiger partial charge in [0.15, 0.2) is 5.82 Å². The van der Waals surface area contributed by atoms with E-state index in [4.69, 9.17) is 36.1 Å². The number of piperidine rings is 1. The van der Waals surface area contributed by atoms with Crippen LogP contribution < -0.4 is 25.8 Å². The van der Waals surface area contributed by atoms with Gasteiger partial charge in [-0.25, -0.2) is 14.5 Å². The number of hydrogen-bond donors (Lipinski definition) is 3. The maximum absolute atomic E-state index is 8.08. The van der Waals surface area contributed by atoms with Gasteiger partial charge in [-0.15, -0.1) is 5.10 Å². The van der Waals surface area contributed by atoms with E-state index in [1.165, 1.54) is 12.0 Å². The Hall–Kier alpha value is -4.42. The molecule has 0 amide bonds. The number of methoxy groups -OCH3 is 2. The quantitative estimate of drug-likeness (QED) is 0.154. The van der Waals surface area contributed by atoms with Crippen molar-refractivity contribution in [2.75, 3.05) is 51.2 Å². The summed E-state index contributed by atoms with van der Waals surface area (Å²) in [6, 6.07) is 10.9. The first-order valence-corrected chi connectivity index (χ1v) is 13.2. The van der Waals surface area contributed by atoms with E-state index in [1.54, 1.807) is 24.9 Å². The molecule has 7 heterocycles. The molecular weight excluding hydrogens is 510 g/mol. The zero-order chi connectivity index (χ0) is 27.8. The first-order chi connectivity index (χ1) is 19.4. The number of fused-ring (bicyclic) bond motifs is 3. The summed E-state index contributed by atoms with van der Waals surface area (Å²) in [6.07, 6.45) is 6.66. The lowest BCUT2D eigenvalue weighted by molar-refractivity contribution is -0.00876. The van der Waals surface area contributed by atoms with Gasteiger partial charge < -0.3 is 30.6 Å². The van der Waals surface area contributed by atoms with Gasteiger partial charge in [0.1, 0.15) is 24.0 Å². The van der Waals surface area contributed by atoms with Crippen LogP contribution in [-0.4, -0.2) is 82.9 Å². The van der Waals surface area contributed by atoms with Gasteiger partial charge in [0.25, 0.3) is 0 Å². The minimum atomic E-state index is -0.145. The molecule has 4 aromatic rings. The Morgan fingerprint density at radius 2 is 1.90 bits per heavy atom. The number of hydrogen-bond acceptors (Lipinski definition) is 10. The number of anilines is 2. The number of ether oxygens (including phenoxy) is 3. The number of aromatic nitrogens is 4. The molecule has 4 aromatic heterocycles. The Kier molecular flexibility index (Phi) is 6.86. The Morgan fingerprint density at radius 3 is 2.55 bits per heavy atom. The summed E-state index contributed by atoms with van der Waals surface area (Å²) in [4.78, 5) is 14.1. The molecule has 0 saturated carbocycles. The first kappa shape index (κ1) is 25.8. The fourth-order valence-electron chi connectivity index (χ4n) is 5.68. The van der Waals surface area contributed by atoms with Crippen molar-refractivity contribution in [2.45, 2.75) is 25.0 Å². The first-order valence-electron chi connectivity index (χ1n) is 13.2. The van der Waals surface area contributed by atoms with Crippen molar-refractivity contribution in [1.29, 1.82) is 5.41 Å². The second kappa shape index (κ2) is 10.6. The van der Waals surface area contributed by atoms with Crippen LogP contribution in [0.2, 0.25) is 0 Å². The Morgan fingerprint density at radius 1 is 1.07 bits per heavy atom. The molecule has 7 rings (SSSR count). The number of nitrogens with two attached hydrogens (primary N) is 2. The smallest absolute Gasteiger partial charge is 0.212 e. The zero-order valence-corrected chi connectivity index (χ0v) is 22.6. The molecule has 208 valence electrons. The third kappa shape index (κ3) is 4.75. The molecular formula is C28H33N9O3. The second-order valence-corrected chi connectivity index (χ2v) is 10.1. The molecule has 2 unspecified atom stereocenters. The maximum atomic E-state index is 8.08. The van der Waals surface area contributed by atoms with E-state index >= 15 is 0 Å². The lowest BCUT2D eigenvalue weighted by Gasteiger charge is -2.56. The van der Waals surface area contributed by atoms with Gasteiger partial charge in [-0.2, -0.15) is 0 Å². The lowest BCUT2D eigenvalue weighted by atomic mass is 9.87. The van der Waals surface area contributed by atoms with Crippen molar-refractivity contribution in [3.05, 3.63) is 60.0 Å². The van der Waals surface area contributed by atoms with Crippen molar-refractivity contribution in [3.8, 4) is 22.8 Å². The van der Waals surface area contributed by atoms with Gasteiger partial charge in [0, 0.05) is 68.4 Å². The van der Waals surface area contributed by atoms with E-state index < -0.39 is 0 Å². The highest BCUT2D eigenvalue weighted by molar-refractivity contribution is 6.09. The average Bonchev–Trinajstić information content (AvgIpc) is 3.32. The summed E-state index contributed by atoms with van der Waals surface area (Å²) < 4.78 is 17.8. The monoisotopic (exact) mass is 543 g/mol. The third-order valence-electron chi connectivity index (χ3n) is 7.65. The van der Waals surface area contributed by atoms with Crippen LogP contribution in [0.25, 0.3) is 16.6 Å². The fourth-order valence-corrected chi connectivity index (χ4v) is 5.68. The van der Waals surface area contributed by atoms with Crippen LogP contribution in [0.4, 0.5) is 11.6 Å². The van der Waals surface area contributed by atoms with E-state index in [2.05, 4.69) is 25.9 Å². The highest BCUT2D eigenvalue weighted by Crippen LogP contribution is 2.37. The Balaban J connectivity index is 1.22. The highest BCUT2D eigenvalue weighted by Gasteiger charge is 2.44. The molecule has 40 heavy (non-hydrogen) atoms. The minimum Gasteiger partial charge on any atom is -0.490 e. The van der Waals surface area contributed by atoms with E-state index in [0.717, 1.165) is 36.6 Å². The van der Waals surface area contributed by atoms with Gasteiger partial charge in [0.05, 0.1) is 31.0 Å². The topological polar surface area (TPSA) is 153 Å². The fraction of sp³-hybridized carbons (Fsp3) is 0.357. The van der Waals surface area contributed by atoms with E-state index in [1.807, 2.05) is 36.7 Å². The predicted octanol–water partition coefficient (Wildman–Crippen LogP) is 2.15. The van der Waals surface area contributed by atoms with E-state index in [9.17, 15) is 0 Å². The SMILES string of the molecule is COCCOc1cc(-c2ccc(N3CC4CC(C3)N4Cc3ccc(OC)nc3)nc2)c2c(C(=N)N)c(N)nn2c1. The maximum Gasteiger partial charge on any atom is 0.212 e. The Labute approximate surface area is 232 Å². The average molecular weight is 544 g/mol. The second-order valence-electron chi connectivity index (χ2n) is 10.1. The van der Waals surface area contributed by atoms with Gasteiger partial charge in [0.2, 0.25) is 5.88 Å². The van der Waals surface area contributed by atoms with Crippen molar-refractivity contribution in [1.82, 2.24) is 24.5 Å². The summed E-state index contributed by atoms with van der Waals surface area (Å²) >= 11 is 0. The van der Waals surface area contributed by atoms with Crippen molar-refractivity contribution < 1.29 is 14.2 Å². The van der Waals surface area contributed by atoms with Gasteiger partial charge in [-0.1, -0.05) is 6.07 Å². The molecule has 5 N–H and O–H groups in total. The summed E-state index contributed by atoms with van der Waals surface area (Å²) in [5, 5.41) is 12.5. The van der Waals surface area contributed by atoms with Crippen LogP contribution in [0.1, 0.15) is 17.5 Å². The number of nitrogen functional groups attached to an aromatic ring is 2. The molecule has 0 spiro atoms. The number of nitrogens with zero attached hydrogens (tertiary/aromatic N) is 6. The zero-order valence-electron chi connectivity index (χ0n) is 22.6. The molecule has 3 aliphatic rings. The van der Waals surface area contributed by atoms with Crippen LogP contribution in [-0.2, 0) is 11.3 Å². The summed E-state index contributed by atoms with van der Waals surface area (Å²) in [6.45, 7) is 3.58. The molecule has 3 fully saturated rings. The minimum absolute atomic E-state index is 0.145. The largest absolute Gasteiger partial charge is 0.490 e. The molecule has 2 bridgehead atoms. The molecule has 0 aromatic carbocycles. The number of pyridine rings is 3. The number of amidine groups is 1. The molecule has 3 saturated heterocycles. The normalized spacial score (nSPS) is 18.5. The van der Waals surface area contributed by atoms with E-state index in [0.29, 0.717) is 48.0 Å².